The Bertz CT molecular complexity index is 994. The van der Waals surface area contributed by atoms with E-state index >= 15 is 0 Å². The molecule has 1 fully saturated rings. The van der Waals surface area contributed by atoms with Crippen molar-refractivity contribution < 1.29 is 4.79 Å². The number of pyridine rings is 1. The lowest BCUT2D eigenvalue weighted by Crippen LogP contribution is -2.41. The van der Waals surface area contributed by atoms with E-state index < -0.39 is 0 Å². The Balaban J connectivity index is 1.49. The SMILES string of the molecule is Cc1cc(C)n(CC(=O)N2CCC(n3c(C(C)C)nc4cccnc43)CC2)n1. The number of fused-ring (bicyclic) bond motifs is 1. The molecule has 7 nitrogen and oxygen atoms in total. The average molecular weight is 380 g/mol. The number of likely N-dealkylation sites (tertiary alicyclic amines) is 1. The number of hydrogen-bond donors (Lipinski definition) is 0. The zero-order valence-corrected chi connectivity index (χ0v) is 17.1. The summed E-state index contributed by atoms with van der Waals surface area (Å²) in [5.74, 6) is 1.56. The Morgan fingerprint density at radius 2 is 2.00 bits per heavy atom. The molecule has 148 valence electrons. The third-order valence-corrected chi connectivity index (χ3v) is 5.56. The Morgan fingerprint density at radius 1 is 1.25 bits per heavy atom. The number of carbonyl (C=O) groups excluding carboxylic acids is 1. The van der Waals surface area contributed by atoms with Crippen LogP contribution in [-0.4, -0.2) is 48.2 Å². The maximum atomic E-state index is 12.7. The normalized spacial score (nSPS) is 15.7. The highest BCUT2D eigenvalue weighted by Crippen LogP contribution is 2.30. The molecule has 0 bridgehead atoms. The molecule has 1 aliphatic rings. The minimum atomic E-state index is 0.141. The first-order valence-electron chi connectivity index (χ1n) is 10.1. The van der Waals surface area contributed by atoms with Gasteiger partial charge in [0.1, 0.15) is 17.9 Å². The molecule has 28 heavy (non-hydrogen) atoms. The van der Waals surface area contributed by atoms with E-state index in [9.17, 15) is 4.79 Å². The Labute approximate surface area is 165 Å². The van der Waals surface area contributed by atoms with Crippen LogP contribution in [0.4, 0.5) is 0 Å². The molecule has 3 aromatic heterocycles. The van der Waals surface area contributed by atoms with E-state index in [1.807, 2.05) is 43.1 Å². The molecule has 0 atom stereocenters. The summed E-state index contributed by atoms with van der Waals surface area (Å²) in [6, 6.07) is 6.29. The second-order valence-corrected chi connectivity index (χ2v) is 8.04. The highest BCUT2D eigenvalue weighted by Gasteiger charge is 2.28. The van der Waals surface area contributed by atoms with Crippen molar-refractivity contribution in [2.75, 3.05) is 13.1 Å². The predicted octanol–water partition coefficient (Wildman–Crippen LogP) is 3.23. The number of nitrogens with zero attached hydrogens (tertiary/aromatic N) is 6. The molecule has 0 radical (unpaired) electrons. The number of aryl methyl sites for hydroxylation is 2. The van der Waals surface area contributed by atoms with Crippen LogP contribution in [0.5, 0.6) is 0 Å². The minimum absolute atomic E-state index is 0.141. The fraction of sp³-hybridized carbons (Fsp3) is 0.524. The van der Waals surface area contributed by atoms with Gasteiger partial charge in [0.25, 0.3) is 0 Å². The van der Waals surface area contributed by atoms with Crippen LogP contribution in [0.15, 0.2) is 24.4 Å². The molecule has 0 aliphatic carbocycles. The fourth-order valence-electron chi connectivity index (χ4n) is 4.15. The molecule has 1 saturated heterocycles. The van der Waals surface area contributed by atoms with Crippen molar-refractivity contribution in [2.45, 2.75) is 59.0 Å². The molecular formula is C21H28N6O. The summed E-state index contributed by atoms with van der Waals surface area (Å²) in [5, 5.41) is 4.41. The number of aromatic nitrogens is 5. The largest absolute Gasteiger partial charge is 0.341 e. The van der Waals surface area contributed by atoms with Crippen LogP contribution in [0, 0.1) is 13.8 Å². The van der Waals surface area contributed by atoms with Crippen molar-refractivity contribution in [3.63, 3.8) is 0 Å². The molecule has 4 rings (SSSR count). The first kappa shape index (κ1) is 18.7. The monoisotopic (exact) mass is 380 g/mol. The lowest BCUT2D eigenvalue weighted by atomic mass is 10.0. The van der Waals surface area contributed by atoms with E-state index in [1.54, 1.807) is 4.68 Å². The zero-order valence-electron chi connectivity index (χ0n) is 17.1. The van der Waals surface area contributed by atoms with E-state index in [-0.39, 0.29) is 5.91 Å². The molecule has 0 spiro atoms. The molecule has 1 amide bonds. The molecule has 0 saturated carbocycles. The Kier molecular flexibility index (Phi) is 4.91. The number of piperidine rings is 1. The van der Waals surface area contributed by atoms with Gasteiger partial charge in [0, 0.05) is 36.9 Å². The lowest BCUT2D eigenvalue weighted by molar-refractivity contribution is -0.133. The number of imidazole rings is 1. The quantitative estimate of drug-likeness (QED) is 0.697. The zero-order chi connectivity index (χ0) is 19.8. The summed E-state index contributed by atoms with van der Waals surface area (Å²) >= 11 is 0. The smallest absolute Gasteiger partial charge is 0.244 e. The molecule has 0 aromatic carbocycles. The van der Waals surface area contributed by atoms with E-state index in [1.165, 1.54) is 0 Å². The molecule has 7 heteroatoms. The Hall–Kier alpha value is -2.70. The number of rotatable bonds is 4. The van der Waals surface area contributed by atoms with Crippen molar-refractivity contribution in [2.24, 2.45) is 0 Å². The lowest BCUT2D eigenvalue weighted by Gasteiger charge is -2.33. The highest BCUT2D eigenvalue weighted by atomic mass is 16.2. The van der Waals surface area contributed by atoms with Crippen LogP contribution in [0.25, 0.3) is 11.2 Å². The third kappa shape index (κ3) is 3.41. The van der Waals surface area contributed by atoms with Gasteiger partial charge in [0.2, 0.25) is 5.91 Å². The van der Waals surface area contributed by atoms with E-state index in [2.05, 4.69) is 28.5 Å². The second-order valence-electron chi connectivity index (χ2n) is 8.04. The Morgan fingerprint density at radius 3 is 2.64 bits per heavy atom. The van der Waals surface area contributed by atoms with Crippen molar-refractivity contribution in [1.29, 1.82) is 0 Å². The van der Waals surface area contributed by atoms with Gasteiger partial charge in [0.05, 0.1) is 5.69 Å². The molecule has 1 aliphatic heterocycles. The van der Waals surface area contributed by atoms with Crippen LogP contribution in [0.3, 0.4) is 0 Å². The maximum Gasteiger partial charge on any atom is 0.244 e. The summed E-state index contributed by atoms with van der Waals surface area (Å²) in [6.45, 7) is 10.1. The van der Waals surface area contributed by atoms with Gasteiger partial charge < -0.3 is 9.47 Å². The minimum Gasteiger partial charge on any atom is -0.341 e. The first-order valence-corrected chi connectivity index (χ1v) is 10.1. The molecular weight excluding hydrogens is 352 g/mol. The van der Waals surface area contributed by atoms with Gasteiger partial charge in [-0.15, -0.1) is 0 Å². The number of hydrogen-bond acceptors (Lipinski definition) is 4. The van der Waals surface area contributed by atoms with Gasteiger partial charge in [-0.3, -0.25) is 9.48 Å². The standard InChI is InChI=1S/C21H28N6O/c1-14(2)20-23-18-6-5-9-22-21(18)27(20)17-7-10-25(11-8-17)19(28)13-26-16(4)12-15(3)24-26/h5-6,9,12,14,17H,7-8,10-11,13H2,1-4H3. The summed E-state index contributed by atoms with van der Waals surface area (Å²) in [5.41, 5.74) is 3.89. The van der Waals surface area contributed by atoms with Crippen LogP contribution in [0.1, 0.15) is 55.9 Å². The average Bonchev–Trinajstić information content (AvgIpc) is 3.21. The van der Waals surface area contributed by atoms with Crippen LogP contribution in [-0.2, 0) is 11.3 Å². The molecule has 3 aromatic rings. The van der Waals surface area contributed by atoms with Crippen LogP contribution < -0.4 is 0 Å². The molecule has 0 N–H and O–H groups in total. The van der Waals surface area contributed by atoms with Crippen LogP contribution >= 0.6 is 0 Å². The van der Waals surface area contributed by atoms with Gasteiger partial charge in [-0.2, -0.15) is 5.10 Å². The predicted molar refractivity (Wildman–Crippen MR) is 108 cm³/mol. The van der Waals surface area contributed by atoms with Crippen molar-refractivity contribution in [3.05, 3.63) is 41.6 Å². The second kappa shape index (κ2) is 7.37. The van der Waals surface area contributed by atoms with Gasteiger partial charge in [-0.05, 0) is 44.9 Å². The number of carbonyl (C=O) groups is 1. The van der Waals surface area contributed by atoms with Gasteiger partial charge in [-0.25, -0.2) is 9.97 Å². The first-order chi connectivity index (χ1) is 13.4. The summed E-state index contributed by atoms with van der Waals surface area (Å²) in [7, 11) is 0. The fourth-order valence-corrected chi connectivity index (χ4v) is 4.15. The highest BCUT2D eigenvalue weighted by molar-refractivity contribution is 5.76. The summed E-state index contributed by atoms with van der Waals surface area (Å²) in [6.07, 6.45) is 3.67. The van der Waals surface area contributed by atoms with Crippen molar-refractivity contribution >= 4 is 17.1 Å². The number of amides is 1. The molecule has 4 heterocycles. The van der Waals surface area contributed by atoms with Gasteiger partial charge in [-0.1, -0.05) is 13.8 Å². The summed E-state index contributed by atoms with van der Waals surface area (Å²) < 4.78 is 4.11. The van der Waals surface area contributed by atoms with Gasteiger partial charge in [0.15, 0.2) is 5.65 Å². The third-order valence-electron chi connectivity index (χ3n) is 5.56. The van der Waals surface area contributed by atoms with Crippen LogP contribution in [0.2, 0.25) is 0 Å². The van der Waals surface area contributed by atoms with E-state index in [4.69, 9.17) is 4.98 Å². The summed E-state index contributed by atoms with van der Waals surface area (Å²) in [4.78, 5) is 24.1. The van der Waals surface area contributed by atoms with Crippen molar-refractivity contribution in [1.82, 2.24) is 29.2 Å². The van der Waals surface area contributed by atoms with Crippen molar-refractivity contribution in [3.8, 4) is 0 Å². The van der Waals surface area contributed by atoms with E-state index in [0.29, 0.717) is 18.5 Å². The maximum absolute atomic E-state index is 12.7. The molecule has 0 unspecified atom stereocenters. The van der Waals surface area contributed by atoms with E-state index in [0.717, 1.165) is 54.3 Å². The topological polar surface area (TPSA) is 68.8 Å². The van der Waals surface area contributed by atoms with Gasteiger partial charge >= 0.3 is 0 Å².